The Balaban J connectivity index is 1.68. The number of primary amides is 1. The summed E-state index contributed by atoms with van der Waals surface area (Å²) < 4.78 is 5.19. The molecule has 1 atom stereocenters. The summed E-state index contributed by atoms with van der Waals surface area (Å²) in [5.41, 5.74) is 7.24. The molecule has 2 aromatic heterocycles. The van der Waals surface area contributed by atoms with E-state index in [0.29, 0.717) is 11.0 Å². The second-order valence-corrected chi connectivity index (χ2v) is 5.78. The first kappa shape index (κ1) is 18.1. The number of amides is 2. The van der Waals surface area contributed by atoms with Crippen molar-refractivity contribution in [3.8, 4) is 0 Å². The standard InChI is InChI=1S/C18H17N5O4/c19-16(24)7-14(18(26)27-9-11-4-2-1-3-5-11)23-17(25)13-6-12-15(8-20-13)22-10-21-12/h1-6,8,10,14H,7,9H2,(H2,19,24)(H,21,22)(H,23,25)/t14-/m0/s1. The summed E-state index contributed by atoms with van der Waals surface area (Å²) in [5, 5.41) is 2.44. The average molecular weight is 367 g/mol. The van der Waals surface area contributed by atoms with E-state index in [-0.39, 0.29) is 18.7 Å². The van der Waals surface area contributed by atoms with E-state index in [4.69, 9.17) is 10.5 Å². The van der Waals surface area contributed by atoms with Crippen LogP contribution in [0.25, 0.3) is 11.0 Å². The van der Waals surface area contributed by atoms with Gasteiger partial charge in [-0.3, -0.25) is 9.59 Å². The number of nitrogens with one attached hydrogen (secondary N) is 2. The van der Waals surface area contributed by atoms with Crippen molar-refractivity contribution in [2.45, 2.75) is 19.1 Å². The van der Waals surface area contributed by atoms with Gasteiger partial charge in [-0.1, -0.05) is 30.3 Å². The minimum absolute atomic E-state index is 0.0162. The Morgan fingerprint density at radius 2 is 1.96 bits per heavy atom. The van der Waals surface area contributed by atoms with Gasteiger partial charge in [0.15, 0.2) is 0 Å². The van der Waals surface area contributed by atoms with Crippen LogP contribution in [0.1, 0.15) is 22.5 Å². The summed E-state index contributed by atoms with van der Waals surface area (Å²) in [5.74, 6) is -2.14. The van der Waals surface area contributed by atoms with Gasteiger partial charge in [-0.05, 0) is 11.6 Å². The lowest BCUT2D eigenvalue weighted by Gasteiger charge is -2.16. The molecule has 4 N–H and O–H groups in total. The number of benzene rings is 1. The van der Waals surface area contributed by atoms with E-state index in [2.05, 4.69) is 20.3 Å². The highest BCUT2D eigenvalue weighted by Gasteiger charge is 2.25. The number of hydrogen-bond acceptors (Lipinski definition) is 6. The Bertz CT molecular complexity index is 970. The van der Waals surface area contributed by atoms with Gasteiger partial charge in [-0.2, -0.15) is 0 Å². The molecule has 0 spiro atoms. The zero-order valence-electron chi connectivity index (χ0n) is 14.2. The molecule has 0 aliphatic rings. The Morgan fingerprint density at radius 1 is 1.19 bits per heavy atom. The second-order valence-electron chi connectivity index (χ2n) is 5.78. The molecule has 0 fully saturated rings. The van der Waals surface area contributed by atoms with Crippen LogP contribution in [0, 0.1) is 0 Å². The van der Waals surface area contributed by atoms with E-state index in [1.54, 1.807) is 12.1 Å². The van der Waals surface area contributed by atoms with E-state index >= 15 is 0 Å². The number of pyridine rings is 1. The first-order valence-electron chi connectivity index (χ1n) is 8.12. The number of ether oxygens (including phenoxy) is 1. The fourth-order valence-corrected chi connectivity index (χ4v) is 2.41. The smallest absolute Gasteiger partial charge is 0.329 e. The molecular formula is C18H17N5O4. The molecule has 0 saturated heterocycles. The lowest BCUT2D eigenvalue weighted by atomic mass is 10.2. The van der Waals surface area contributed by atoms with E-state index < -0.39 is 23.8 Å². The molecule has 0 unspecified atom stereocenters. The summed E-state index contributed by atoms with van der Waals surface area (Å²) >= 11 is 0. The maximum atomic E-state index is 12.4. The van der Waals surface area contributed by atoms with Crippen LogP contribution in [0.15, 0.2) is 48.9 Å². The van der Waals surface area contributed by atoms with Crippen molar-refractivity contribution in [1.29, 1.82) is 0 Å². The first-order valence-corrected chi connectivity index (χ1v) is 8.12. The van der Waals surface area contributed by atoms with Crippen LogP contribution in [0.3, 0.4) is 0 Å². The third kappa shape index (κ3) is 4.66. The summed E-state index contributed by atoms with van der Waals surface area (Å²) in [4.78, 5) is 46.9. The Labute approximate surface area is 153 Å². The van der Waals surface area contributed by atoms with E-state index in [1.807, 2.05) is 18.2 Å². The van der Waals surface area contributed by atoms with Gasteiger partial charge in [0.05, 0.1) is 30.0 Å². The maximum absolute atomic E-state index is 12.4. The number of nitrogens with zero attached hydrogens (tertiary/aromatic N) is 2. The second kappa shape index (κ2) is 8.09. The highest BCUT2D eigenvalue weighted by molar-refractivity contribution is 5.98. The number of hydrogen-bond donors (Lipinski definition) is 3. The molecule has 0 radical (unpaired) electrons. The van der Waals surface area contributed by atoms with Crippen molar-refractivity contribution in [1.82, 2.24) is 20.3 Å². The SMILES string of the molecule is NC(=O)C[C@H](NC(=O)c1cc2nc[nH]c2cn1)C(=O)OCc1ccccc1. The number of rotatable bonds is 7. The lowest BCUT2D eigenvalue weighted by molar-refractivity contribution is -0.148. The largest absolute Gasteiger partial charge is 0.459 e. The maximum Gasteiger partial charge on any atom is 0.329 e. The zero-order chi connectivity index (χ0) is 19.2. The number of aromatic amines is 1. The molecule has 138 valence electrons. The molecule has 9 heteroatoms. The predicted molar refractivity (Wildman–Crippen MR) is 95.2 cm³/mol. The van der Waals surface area contributed by atoms with Crippen LogP contribution in [-0.4, -0.2) is 38.8 Å². The number of nitrogens with two attached hydrogens (primary N) is 1. The zero-order valence-corrected chi connectivity index (χ0v) is 14.2. The summed E-state index contributed by atoms with van der Waals surface area (Å²) in [6.07, 6.45) is 2.54. The van der Waals surface area contributed by atoms with Gasteiger partial charge in [0.25, 0.3) is 5.91 Å². The number of H-pyrrole nitrogens is 1. The van der Waals surface area contributed by atoms with Crippen molar-refractivity contribution < 1.29 is 19.1 Å². The monoisotopic (exact) mass is 367 g/mol. The van der Waals surface area contributed by atoms with Crippen molar-refractivity contribution in [3.63, 3.8) is 0 Å². The third-order valence-corrected chi connectivity index (χ3v) is 3.76. The fourth-order valence-electron chi connectivity index (χ4n) is 2.41. The number of fused-ring (bicyclic) bond motifs is 1. The van der Waals surface area contributed by atoms with E-state index in [9.17, 15) is 14.4 Å². The number of imidazole rings is 1. The van der Waals surface area contributed by atoms with Crippen LogP contribution in [-0.2, 0) is 20.9 Å². The van der Waals surface area contributed by atoms with Crippen molar-refractivity contribution in [2.75, 3.05) is 0 Å². The molecule has 0 aliphatic heterocycles. The molecule has 2 heterocycles. The van der Waals surface area contributed by atoms with Gasteiger partial charge in [0.1, 0.15) is 18.3 Å². The van der Waals surface area contributed by atoms with Gasteiger partial charge >= 0.3 is 5.97 Å². The van der Waals surface area contributed by atoms with Crippen molar-refractivity contribution in [3.05, 3.63) is 60.2 Å². The molecule has 3 aromatic rings. The predicted octanol–water partition coefficient (Wildman–Crippen LogP) is 0.675. The lowest BCUT2D eigenvalue weighted by Crippen LogP contribution is -2.44. The highest BCUT2D eigenvalue weighted by Crippen LogP contribution is 2.10. The van der Waals surface area contributed by atoms with Crippen LogP contribution in [0.5, 0.6) is 0 Å². The Hall–Kier alpha value is -3.75. The minimum atomic E-state index is -1.21. The highest BCUT2D eigenvalue weighted by atomic mass is 16.5. The molecule has 3 rings (SSSR count). The number of carbonyl (C=O) groups excluding carboxylic acids is 3. The number of carbonyl (C=O) groups is 3. The molecule has 0 saturated carbocycles. The summed E-state index contributed by atoms with van der Waals surface area (Å²) in [6, 6.07) is 9.29. The van der Waals surface area contributed by atoms with Gasteiger partial charge in [0.2, 0.25) is 5.91 Å². The summed E-state index contributed by atoms with van der Waals surface area (Å²) in [7, 11) is 0. The quantitative estimate of drug-likeness (QED) is 0.525. The third-order valence-electron chi connectivity index (χ3n) is 3.76. The minimum Gasteiger partial charge on any atom is -0.459 e. The van der Waals surface area contributed by atoms with Gasteiger partial charge in [-0.25, -0.2) is 14.8 Å². The molecular weight excluding hydrogens is 350 g/mol. The molecule has 1 aromatic carbocycles. The van der Waals surface area contributed by atoms with Gasteiger partial charge < -0.3 is 20.8 Å². The van der Waals surface area contributed by atoms with Crippen LogP contribution < -0.4 is 11.1 Å². The van der Waals surface area contributed by atoms with E-state index in [0.717, 1.165) is 5.56 Å². The fraction of sp³-hybridized carbons (Fsp3) is 0.167. The van der Waals surface area contributed by atoms with Gasteiger partial charge in [-0.15, -0.1) is 0 Å². The van der Waals surface area contributed by atoms with Crippen molar-refractivity contribution in [2.24, 2.45) is 5.73 Å². The molecule has 0 aliphatic carbocycles. The van der Waals surface area contributed by atoms with Crippen LogP contribution in [0.2, 0.25) is 0 Å². The number of esters is 1. The first-order chi connectivity index (χ1) is 13.0. The molecule has 2 amide bonds. The molecule has 27 heavy (non-hydrogen) atoms. The number of aromatic nitrogens is 3. The van der Waals surface area contributed by atoms with Crippen LogP contribution >= 0.6 is 0 Å². The Morgan fingerprint density at radius 3 is 2.70 bits per heavy atom. The molecule has 0 bridgehead atoms. The topological polar surface area (TPSA) is 140 Å². The Kier molecular flexibility index (Phi) is 5.41. The molecule has 9 nitrogen and oxygen atoms in total. The van der Waals surface area contributed by atoms with E-state index in [1.165, 1.54) is 18.6 Å². The average Bonchev–Trinajstić information content (AvgIpc) is 3.13. The van der Waals surface area contributed by atoms with Gasteiger partial charge in [0, 0.05) is 0 Å². The summed E-state index contributed by atoms with van der Waals surface area (Å²) in [6.45, 7) is 0.0162. The normalized spacial score (nSPS) is 11.7. The van der Waals surface area contributed by atoms with Crippen molar-refractivity contribution >= 4 is 28.8 Å². The van der Waals surface area contributed by atoms with Crippen LogP contribution in [0.4, 0.5) is 0 Å².